The van der Waals surface area contributed by atoms with Crippen molar-refractivity contribution in [1.29, 1.82) is 0 Å². The van der Waals surface area contributed by atoms with Crippen LogP contribution in [0.3, 0.4) is 0 Å². The molecule has 160 valence electrons. The quantitative estimate of drug-likeness (QED) is 0.357. The van der Waals surface area contributed by atoms with Crippen LogP contribution < -0.4 is 15.5 Å². The Kier molecular flexibility index (Phi) is 8.77. The van der Waals surface area contributed by atoms with Gasteiger partial charge in [-0.05, 0) is 50.3 Å². The number of amides is 1. The Hall–Kier alpha value is -2.12. The van der Waals surface area contributed by atoms with Crippen LogP contribution in [0.15, 0.2) is 29.3 Å². The SMILES string of the molecule is CCNC(=NCc1ccc(N2CCCC2=O)cc1)NCCCOCC1CCCO1. The fraction of sp³-hybridized carbons (Fsp3) is 0.636. The lowest BCUT2D eigenvalue weighted by atomic mass is 10.2. The van der Waals surface area contributed by atoms with E-state index in [0.29, 0.717) is 19.6 Å². The van der Waals surface area contributed by atoms with Gasteiger partial charge in [-0.2, -0.15) is 0 Å². The molecule has 0 radical (unpaired) electrons. The molecule has 0 aliphatic carbocycles. The number of nitrogens with one attached hydrogen (secondary N) is 2. The highest BCUT2D eigenvalue weighted by atomic mass is 16.5. The number of guanidine groups is 1. The normalized spacial score (nSPS) is 19.8. The van der Waals surface area contributed by atoms with Crippen LogP contribution in [0.5, 0.6) is 0 Å². The Morgan fingerprint density at radius 2 is 2.14 bits per heavy atom. The first-order chi connectivity index (χ1) is 14.3. The summed E-state index contributed by atoms with van der Waals surface area (Å²) in [6.45, 7) is 7.41. The van der Waals surface area contributed by atoms with Gasteiger partial charge in [-0.25, -0.2) is 4.99 Å². The predicted molar refractivity (Wildman–Crippen MR) is 115 cm³/mol. The number of rotatable bonds is 10. The number of anilines is 1. The van der Waals surface area contributed by atoms with Gasteiger partial charge in [-0.15, -0.1) is 0 Å². The van der Waals surface area contributed by atoms with Gasteiger partial charge < -0.3 is 25.0 Å². The number of hydrogen-bond donors (Lipinski definition) is 2. The van der Waals surface area contributed by atoms with E-state index in [1.165, 1.54) is 0 Å². The van der Waals surface area contributed by atoms with Crippen LogP contribution in [0.4, 0.5) is 5.69 Å². The zero-order valence-corrected chi connectivity index (χ0v) is 17.5. The summed E-state index contributed by atoms with van der Waals surface area (Å²) in [7, 11) is 0. The maximum absolute atomic E-state index is 11.9. The van der Waals surface area contributed by atoms with E-state index in [4.69, 9.17) is 9.47 Å². The maximum atomic E-state index is 11.9. The third kappa shape index (κ3) is 7.01. The van der Waals surface area contributed by atoms with Crippen LogP contribution in [0.1, 0.15) is 44.6 Å². The highest BCUT2D eigenvalue weighted by Gasteiger charge is 2.21. The molecule has 3 rings (SSSR count). The molecule has 1 aromatic rings. The molecule has 1 unspecified atom stereocenters. The van der Waals surface area contributed by atoms with Crippen molar-refractivity contribution in [2.75, 3.05) is 44.4 Å². The summed E-state index contributed by atoms with van der Waals surface area (Å²) >= 11 is 0. The monoisotopic (exact) mass is 402 g/mol. The second kappa shape index (κ2) is 11.8. The molecule has 2 saturated heterocycles. The molecule has 1 atom stereocenters. The van der Waals surface area contributed by atoms with E-state index in [2.05, 4.69) is 22.5 Å². The number of benzene rings is 1. The topological polar surface area (TPSA) is 75.2 Å². The van der Waals surface area contributed by atoms with Crippen molar-refractivity contribution in [3.63, 3.8) is 0 Å². The lowest BCUT2D eigenvalue weighted by molar-refractivity contribution is -0.117. The molecule has 0 bridgehead atoms. The molecule has 0 aromatic heterocycles. The average Bonchev–Trinajstić information content (AvgIpc) is 3.41. The average molecular weight is 403 g/mol. The van der Waals surface area contributed by atoms with Crippen molar-refractivity contribution in [1.82, 2.24) is 10.6 Å². The van der Waals surface area contributed by atoms with E-state index in [9.17, 15) is 4.79 Å². The van der Waals surface area contributed by atoms with E-state index in [1.807, 2.05) is 29.2 Å². The van der Waals surface area contributed by atoms with E-state index >= 15 is 0 Å². The van der Waals surface area contributed by atoms with Crippen molar-refractivity contribution < 1.29 is 14.3 Å². The van der Waals surface area contributed by atoms with Crippen molar-refractivity contribution in [3.8, 4) is 0 Å². The lowest BCUT2D eigenvalue weighted by Gasteiger charge is -2.16. The number of carbonyl (C=O) groups excluding carboxylic acids is 1. The van der Waals surface area contributed by atoms with Gasteiger partial charge in [-0.1, -0.05) is 12.1 Å². The summed E-state index contributed by atoms with van der Waals surface area (Å²) in [6.07, 6.45) is 5.08. The first-order valence-electron chi connectivity index (χ1n) is 10.9. The molecule has 7 heteroatoms. The molecular formula is C22H34N4O3. The standard InChI is InChI=1S/C22H34N4O3/c1-2-23-22(24-12-5-14-28-17-20-6-4-15-29-20)25-16-18-8-10-19(11-9-18)26-13-3-7-21(26)27/h8-11,20H,2-7,12-17H2,1H3,(H2,23,24,25). The minimum absolute atomic E-state index is 0.217. The van der Waals surface area contributed by atoms with Crippen LogP contribution in [0.2, 0.25) is 0 Å². The van der Waals surface area contributed by atoms with Gasteiger partial charge >= 0.3 is 0 Å². The number of carbonyl (C=O) groups is 1. The van der Waals surface area contributed by atoms with Gasteiger partial charge in [0.1, 0.15) is 0 Å². The highest BCUT2D eigenvalue weighted by Crippen LogP contribution is 2.21. The molecular weight excluding hydrogens is 368 g/mol. The first-order valence-corrected chi connectivity index (χ1v) is 10.9. The molecule has 2 aliphatic rings. The van der Waals surface area contributed by atoms with E-state index in [1.54, 1.807) is 0 Å². The molecule has 1 amide bonds. The van der Waals surface area contributed by atoms with Crippen LogP contribution in [-0.2, 0) is 20.8 Å². The van der Waals surface area contributed by atoms with Gasteiger partial charge in [0.05, 0.1) is 19.3 Å². The van der Waals surface area contributed by atoms with Gasteiger partial charge in [0.15, 0.2) is 5.96 Å². The molecule has 2 aliphatic heterocycles. The smallest absolute Gasteiger partial charge is 0.227 e. The van der Waals surface area contributed by atoms with E-state index in [0.717, 1.165) is 75.7 Å². The predicted octanol–water partition coefficient (Wildman–Crippen LogP) is 2.45. The minimum atomic E-state index is 0.217. The molecule has 0 spiro atoms. The zero-order chi connectivity index (χ0) is 20.3. The number of nitrogens with zero attached hydrogens (tertiary/aromatic N) is 2. The van der Waals surface area contributed by atoms with Crippen LogP contribution in [-0.4, -0.2) is 57.4 Å². The maximum Gasteiger partial charge on any atom is 0.227 e. The summed E-state index contributed by atoms with van der Waals surface area (Å²) in [5, 5.41) is 6.63. The summed E-state index contributed by atoms with van der Waals surface area (Å²) in [6, 6.07) is 8.12. The second-order valence-corrected chi connectivity index (χ2v) is 7.50. The Morgan fingerprint density at radius 3 is 2.83 bits per heavy atom. The summed E-state index contributed by atoms with van der Waals surface area (Å²) in [5.74, 6) is 1.03. The first kappa shape index (κ1) is 21.6. The number of ether oxygens (including phenoxy) is 2. The second-order valence-electron chi connectivity index (χ2n) is 7.50. The van der Waals surface area contributed by atoms with Gasteiger partial charge in [0.2, 0.25) is 5.91 Å². The number of hydrogen-bond acceptors (Lipinski definition) is 4. The summed E-state index contributed by atoms with van der Waals surface area (Å²) in [4.78, 5) is 18.4. The third-order valence-electron chi connectivity index (χ3n) is 5.17. The number of aliphatic imine (C=N–C) groups is 1. The van der Waals surface area contributed by atoms with Gasteiger partial charge in [-0.3, -0.25) is 4.79 Å². The molecule has 2 fully saturated rings. The highest BCUT2D eigenvalue weighted by molar-refractivity contribution is 5.95. The Labute approximate surface area is 173 Å². The van der Waals surface area contributed by atoms with Crippen molar-refractivity contribution in [2.45, 2.75) is 51.7 Å². The molecule has 2 N–H and O–H groups in total. The Bertz CT molecular complexity index is 657. The van der Waals surface area contributed by atoms with E-state index < -0.39 is 0 Å². The van der Waals surface area contributed by atoms with Crippen molar-refractivity contribution >= 4 is 17.6 Å². The molecule has 2 heterocycles. The van der Waals surface area contributed by atoms with Gasteiger partial charge in [0.25, 0.3) is 0 Å². The van der Waals surface area contributed by atoms with Crippen LogP contribution in [0.25, 0.3) is 0 Å². The molecule has 7 nitrogen and oxygen atoms in total. The summed E-state index contributed by atoms with van der Waals surface area (Å²) in [5.41, 5.74) is 2.10. The fourth-order valence-corrected chi connectivity index (χ4v) is 3.59. The van der Waals surface area contributed by atoms with Crippen LogP contribution >= 0.6 is 0 Å². The molecule has 1 aromatic carbocycles. The molecule has 29 heavy (non-hydrogen) atoms. The van der Waals surface area contributed by atoms with Gasteiger partial charge in [0, 0.05) is 45.0 Å². The van der Waals surface area contributed by atoms with Crippen LogP contribution in [0, 0.1) is 0 Å². The third-order valence-corrected chi connectivity index (χ3v) is 5.17. The van der Waals surface area contributed by atoms with Crippen molar-refractivity contribution in [3.05, 3.63) is 29.8 Å². The van der Waals surface area contributed by atoms with E-state index in [-0.39, 0.29) is 12.0 Å². The lowest BCUT2D eigenvalue weighted by Crippen LogP contribution is -2.38. The minimum Gasteiger partial charge on any atom is -0.379 e. The summed E-state index contributed by atoms with van der Waals surface area (Å²) < 4.78 is 11.3. The fourth-order valence-electron chi connectivity index (χ4n) is 3.59. The zero-order valence-electron chi connectivity index (χ0n) is 17.5. The Morgan fingerprint density at radius 1 is 1.28 bits per heavy atom. The van der Waals surface area contributed by atoms with Crippen molar-refractivity contribution in [2.24, 2.45) is 4.99 Å². The Balaban J connectivity index is 1.38. The largest absolute Gasteiger partial charge is 0.379 e. The molecule has 0 saturated carbocycles.